The van der Waals surface area contributed by atoms with E-state index in [0.29, 0.717) is 12.3 Å². The summed E-state index contributed by atoms with van der Waals surface area (Å²) in [7, 11) is 0. The summed E-state index contributed by atoms with van der Waals surface area (Å²) in [6.45, 7) is 0.323. The largest absolute Gasteiger partial charge is 0.484 e. The number of hydrogen-bond donors (Lipinski definition) is 2. The van der Waals surface area contributed by atoms with E-state index in [4.69, 9.17) is 9.84 Å². The Labute approximate surface area is 119 Å². The average Bonchev–Trinajstić information content (AvgIpc) is 2.96. The van der Waals surface area contributed by atoms with Gasteiger partial charge in [0.05, 0.1) is 12.1 Å². The van der Waals surface area contributed by atoms with Crippen molar-refractivity contribution in [3.05, 3.63) is 52.2 Å². The minimum atomic E-state index is -1.03. The van der Waals surface area contributed by atoms with E-state index >= 15 is 0 Å². The second kappa shape index (κ2) is 6.72. The molecule has 2 rings (SSSR count). The number of carboxylic acid groups (broad SMARTS) is 1. The van der Waals surface area contributed by atoms with E-state index in [-0.39, 0.29) is 18.1 Å². The second-order valence-electron chi connectivity index (χ2n) is 3.98. The summed E-state index contributed by atoms with van der Waals surface area (Å²) in [6.07, 6.45) is 0. The smallest absolute Gasteiger partial charge is 0.335 e. The van der Waals surface area contributed by atoms with E-state index < -0.39 is 5.97 Å². The molecule has 0 saturated heterocycles. The van der Waals surface area contributed by atoms with Crippen molar-refractivity contribution < 1.29 is 19.4 Å². The van der Waals surface area contributed by atoms with Crippen molar-refractivity contribution in [2.75, 3.05) is 6.61 Å². The zero-order valence-electron chi connectivity index (χ0n) is 10.5. The molecule has 2 aromatic rings. The molecule has 0 bridgehead atoms. The van der Waals surface area contributed by atoms with Crippen molar-refractivity contribution in [3.8, 4) is 5.75 Å². The average molecular weight is 291 g/mol. The first kappa shape index (κ1) is 14.1. The molecule has 5 nitrogen and oxygen atoms in total. The number of hydrogen-bond acceptors (Lipinski definition) is 4. The van der Waals surface area contributed by atoms with Gasteiger partial charge in [0.1, 0.15) is 5.75 Å². The summed E-state index contributed by atoms with van der Waals surface area (Å²) in [5.74, 6) is -0.923. The van der Waals surface area contributed by atoms with Crippen LogP contribution >= 0.6 is 11.3 Å². The number of rotatable bonds is 6. The number of benzene rings is 1. The van der Waals surface area contributed by atoms with Crippen molar-refractivity contribution in [1.82, 2.24) is 5.32 Å². The number of carbonyl (C=O) groups is 2. The normalized spacial score (nSPS) is 10.0. The fraction of sp³-hybridized carbons (Fsp3) is 0.143. The lowest BCUT2D eigenvalue weighted by molar-refractivity contribution is -0.123. The summed E-state index contributed by atoms with van der Waals surface area (Å²) < 4.78 is 5.26. The van der Waals surface area contributed by atoms with Crippen LogP contribution in [0.15, 0.2) is 41.8 Å². The number of nitrogens with one attached hydrogen (secondary N) is 1. The summed E-state index contributed by atoms with van der Waals surface area (Å²) in [6, 6.07) is 9.88. The van der Waals surface area contributed by atoms with Crippen LogP contribution in [0, 0.1) is 0 Å². The van der Waals surface area contributed by atoms with Crippen molar-refractivity contribution in [2.24, 2.45) is 0 Å². The molecule has 0 unspecified atom stereocenters. The third-order valence-electron chi connectivity index (χ3n) is 2.49. The highest BCUT2D eigenvalue weighted by Crippen LogP contribution is 2.13. The first-order valence-corrected chi connectivity index (χ1v) is 6.78. The molecule has 0 atom stereocenters. The standard InChI is InChI=1S/C14H13NO4S/c16-13(15-8-12-5-2-6-20-12)9-19-11-4-1-3-10(7-11)14(17)18/h1-7H,8-9H2,(H,15,16)(H,17,18). The van der Waals surface area contributed by atoms with Crippen LogP contribution < -0.4 is 10.1 Å². The number of amides is 1. The van der Waals surface area contributed by atoms with Crippen molar-refractivity contribution >= 4 is 23.2 Å². The molecule has 0 saturated carbocycles. The topological polar surface area (TPSA) is 75.6 Å². The molecule has 1 amide bonds. The van der Waals surface area contributed by atoms with Gasteiger partial charge in [-0.3, -0.25) is 4.79 Å². The number of carbonyl (C=O) groups excluding carboxylic acids is 1. The Kier molecular flexibility index (Phi) is 4.73. The molecule has 0 fully saturated rings. The quantitative estimate of drug-likeness (QED) is 0.855. The van der Waals surface area contributed by atoms with Crippen LogP contribution in [0.1, 0.15) is 15.2 Å². The molecule has 0 radical (unpaired) electrons. The highest BCUT2D eigenvalue weighted by molar-refractivity contribution is 7.09. The Morgan fingerprint density at radius 2 is 2.10 bits per heavy atom. The Bertz CT molecular complexity index is 595. The molecule has 6 heteroatoms. The van der Waals surface area contributed by atoms with Gasteiger partial charge < -0.3 is 15.2 Å². The molecule has 0 aliphatic rings. The molecule has 1 aromatic carbocycles. The van der Waals surface area contributed by atoms with Gasteiger partial charge in [-0.05, 0) is 29.6 Å². The highest BCUT2D eigenvalue weighted by Gasteiger charge is 2.06. The van der Waals surface area contributed by atoms with Gasteiger partial charge in [0, 0.05) is 4.88 Å². The van der Waals surface area contributed by atoms with Gasteiger partial charge >= 0.3 is 5.97 Å². The number of thiophene rings is 1. The molecule has 1 heterocycles. The van der Waals surface area contributed by atoms with Crippen LogP contribution in [0.2, 0.25) is 0 Å². The fourth-order valence-electron chi connectivity index (χ4n) is 1.52. The van der Waals surface area contributed by atoms with Gasteiger partial charge in [-0.25, -0.2) is 4.79 Å². The third-order valence-corrected chi connectivity index (χ3v) is 3.37. The van der Waals surface area contributed by atoms with Gasteiger partial charge in [0.25, 0.3) is 5.91 Å². The van der Waals surface area contributed by atoms with E-state index in [1.165, 1.54) is 12.1 Å². The first-order valence-electron chi connectivity index (χ1n) is 5.90. The Hall–Kier alpha value is -2.34. The zero-order valence-corrected chi connectivity index (χ0v) is 11.4. The molecule has 0 aliphatic heterocycles. The van der Waals surface area contributed by atoms with E-state index in [2.05, 4.69) is 5.32 Å². The molecule has 20 heavy (non-hydrogen) atoms. The van der Waals surface area contributed by atoms with Crippen LogP contribution in [0.4, 0.5) is 0 Å². The minimum Gasteiger partial charge on any atom is -0.484 e. The summed E-state index contributed by atoms with van der Waals surface area (Å²) >= 11 is 1.56. The van der Waals surface area contributed by atoms with Crippen LogP contribution in [0.3, 0.4) is 0 Å². The zero-order chi connectivity index (χ0) is 14.4. The Morgan fingerprint density at radius 3 is 2.80 bits per heavy atom. The lowest BCUT2D eigenvalue weighted by Gasteiger charge is -2.07. The maximum absolute atomic E-state index is 11.6. The van der Waals surface area contributed by atoms with Gasteiger partial charge in [0.15, 0.2) is 6.61 Å². The molecule has 2 N–H and O–H groups in total. The van der Waals surface area contributed by atoms with Gasteiger partial charge in [0.2, 0.25) is 0 Å². The SMILES string of the molecule is O=C(COc1cccc(C(=O)O)c1)NCc1cccs1. The van der Waals surface area contributed by atoms with E-state index in [0.717, 1.165) is 4.88 Å². The summed E-state index contributed by atoms with van der Waals surface area (Å²) in [5.41, 5.74) is 0.126. The highest BCUT2D eigenvalue weighted by atomic mass is 32.1. The lowest BCUT2D eigenvalue weighted by Crippen LogP contribution is -2.28. The van der Waals surface area contributed by atoms with Crippen LogP contribution in [0.5, 0.6) is 5.75 Å². The van der Waals surface area contributed by atoms with Gasteiger partial charge in [-0.1, -0.05) is 12.1 Å². The number of carboxylic acids is 1. The molecule has 104 valence electrons. The second-order valence-corrected chi connectivity index (χ2v) is 5.01. The van der Waals surface area contributed by atoms with Crippen molar-refractivity contribution in [1.29, 1.82) is 0 Å². The van der Waals surface area contributed by atoms with Gasteiger partial charge in [-0.2, -0.15) is 0 Å². The maximum Gasteiger partial charge on any atom is 0.335 e. The van der Waals surface area contributed by atoms with E-state index in [1.807, 2.05) is 17.5 Å². The first-order chi connectivity index (χ1) is 9.65. The number of ether oxygens (including phenoxy) is 1. The van der Waals surface area contributed by atoms with Crippen molar-refractivity contribution in [3.63, 3.8) is 0 Å². The molecule has 0 spiro atoms. The van der Waals surface area contributed by atoms with E-state index in [9.17, 15) is 9.59 Å². The summed E-state index contributed by atoms with van der Waals surface area (Å²) in [5, 5.41) is 13.5. The Morgan fingerprint density at radius 1 is 1.25 bits per heavy atom. The van der Waals surface area contributed by atoms with Gasteiger partial charge in [-0.15, -0.1) is 11.3 Å². The molecule has 1 aromatic heterocycles. The Balaban J connectivity index is 1.81. The van der Waals surface area contributed by atoms with Crippen LogP contribution in [0.25, 0.3) is 0 Å². The predicted molar refractivity (Wildman–Crippen MR) is 75.1 cm³/mol. The van der Waals surface area contributed by atoms with Crippen LogP contribution in [-0.4, -0.2) is 23.6 Å². The molecule has 0 aliphatic carbocycles. The van der Waals surface area contributed by atoms with E-state index in [1.54, 1.807) is 23.5 Å². The molecular weight excluding hydrogens is 278 g/mol. The van der Waals surface area contributed by atoms with Crippen molar-refractivity contribution in [2.45, 2.75) is 6.54 Å². The molecular formula is C14H13NO4S. The van der Waals surface area contributed by atoms with Crippen LogP contribution in [-0.2, 0) is 11.3 Å². The predicted octanol–water partition coefficient (Wildman–Crippen LogP) is 2.14. The minimum absolute atomic E-state index is 0.126. The summed E-state index contributed by atoms with van der Waals surface area (Å²) in [4.78, 5) is 23.4. The fourth-order valence-corrected chi connectivity index (χ4v) is 2.16. The monoisotopic (exact) mass is 291 g/mol. The third kappa shape index (κ3) is 4.10. The lowest BCUT2D eigenvalue weighted by atomic mass is 10.2. The maximum atomic E-state index is 11.6. The number of aromatic carboxylic acids is 1.